The number of methoxy groups -OCH3 is 1. The van der Waals surface area contributed by atoms with Gasteiger partial charge in [-0.1, -0.05) is 30.3 Å². The number of aryl methyl sites for hydroxylation is 1. The van der Waals surface area contributed by atoms with Gasteiger partial charge in [-0.2, -0.15) is 0 Å². The lowest BCUT2D eigenvalue weighted by Gasteiger charge is -2.11. The number of amides is 1. The summed E-state index contributed by atoms with van der Waals surface area (Å²) in [6.45, 7) is 3.16. The lowest BCUT2D eigenvalue weighted by Crippen LogP contribution is -2.26. The van der Waals surface area contributed by atoms with Gasteiger partial charge in [-0.15, -0.1) is 0 Å². The van der Waals surface area contributed by atoms with E-state index in [2.05, 4.69) is 27.0 Å². The normalized spacial score (nSPS) is 10.6. The van der Waals surface area contributed by atoms with Crippen molar-refractivity contribution in [2.75, 3.05) is 13.7 Å². The van der Waals surface area contributed by atoms with Gasteiger partial charge in [-0.05, 0) is 30.7 Å². The van der Waals surface area contributed by atoms with Crippen molar-refractivity contribution in [1.29, 1.82) is 0 Å². The van der Waals surface area contributed by atoms with Crippen molar-refractivity contribution < 1.29 is 13.9 Å². The molecule has 0 saturated heterocycles. The molecule has 2 aromatic carbocycles. The van der Waals surface area contributed by atoms with Gasteiger partial charge in [0.2, 0.25) is 0 Å². The lowest BCUT2D eigenvalue weighted by molar-refractivity contribution is 0.0953. The minimum Gasteiger partial charge on any atom is -0.494 e. The second-order valence-electron chi connectivity index (χ2n) is 6.24. The van der Waals surface area contributed by atoms with E-state index in [4.69, 9.17) is 4.74 Å². The standard InChI is InChI=1S/C21H22FN3O2/c1-15-13-24-20(25(15)14-16-6-4-3-5-7-16)10-11-23-21(26)17-8-9-19(27-2)18(22)12-17/h3-9,12-13H,10-11,14H2,1-2H3,(H,23,26). The predicted molar refractivity (Wildman–Crippen MR) is 101 cm³/mol. The van der Waals surface area contributed by atoms with Crippen LogP contribution in [0.4, 0.5) is 4.39 Å². The van der Waals surface area contributed by atoms with Crippen molar-refractivity contribution in [3.8, 4) is 5.75 Å². The van der Waals surface area contributed by atoms with Gasteiger partial charge >= 0.3 is 0 Å². The number of benzene rings is 2. The van der Waals surface area contributed by atoms with Crippen molar-refractivity contribution in [2.45, 2.75) is 19.9 Å². The van der Waals surface area contributed by atoms with Crippen LogP contribution in [0.3, 0.4) is 0 Å². The second kappa shape index (κ2) is 8.49. The molecule has 0 spiro atoms. The van der Waals surface area contributed by atoms with Gasteiger partial charge < -0.3 is 14.6 Å². The summed E-state index contributed by atoms with van der Waals surface area (Å²) < 4.78 is 20.7. The van der Waals surface area contributed by atoms with E-state index in [9.17, 15) is 9.18 Å². The van der Waals surface area contributed by atoms with Crippen LogP contribution >= 0.6 is 0 Å². The second-order valence-corrected chi connectivity index (χ2v) is 6.24. The zero-order valence-corrected chi connectivity index (χ0v) is 15.4. The number of hydrogen-bond acceptors (Lipinski definition) is 3. The summed E-state index contributed by atoms with van der Waals surface area (Å²) in [5, 5.41) is 2.81. The predicted octanol–water partition coefficient (Wildman–Crippen LogP) is 3.36. The summed E-state index contributed by atoms with van der Waals surface area (Å²) in [5.74, 6) is 0.135. The Balaban J connectivity index is 1.61. The third kappa shape index (κ3) is 4.53. The first-order chi connectivity index (χ1) is 13.1. The van der Waals surface area contributed by atoms with Gasteiger partial charge in [0.25, 0.3) is 5.91 Å². The molecule has 3 rings (SSSR count). The summed E-state index contributed by atoms with van der Waals surface area (Å²) >= 11 is 0. The Kier molecular flexibility index (Phi) is 5.86. The summed E-state index contributed by atoms with van der Waals surface area (Å²) in [6, 6.07) is 14.3. The number of imidazole rings is 1. The van der Waals surface area contributed by atoms with Crippen molar-refractivity contribution in [2.24, 2.45) is 0 Å². The smallest absolute Gasteiger partial charge is 0.251 e. The van der Waals surface area contributed by atoms with E-state index in [1.165, 1.54) is 30.9 Å². The van der Waals surface area contributed by atoms with Gasteiger partial charge in [0, 0.05) is 37.0 Å². The fourth-order valence-corrected chi connectivity index (χ4v) is 2.89. The molecule has 1 N–H and O–H groups in total. The molecular formula is C21H22FN3O2. The molecule has 0 radical (unpaired) electrons. The van der Waals surface area contributed by atoms with Crippen LogP contribution in [0.2, 0.25) is 0 Å². The highest BCUT2D eigenvalue weighted by atomic mass is 19.1. The van der Waals surface area contributed by atoms with Gasteiger partial charge in [0.05, 0.1) is 7.11 Å². The van der Waals surface area contributed by atoms with Gasteiger partial charge in [-0.3, -0.25) is 4.79 Å². The highest BCUT2D eigenvalue weighted by molar-refractivity contribution is 5.94. The van der Waals surface area contributed by atoms with Crippen molar-refractivity contribution in [1.82, 2.24) is 14.9 Å². The SMILES string of the molecule is COc1ccc(C(=O)NCCc2ncc(C)n2Cc2ccccc2)cc1F. The number of nitrogens with one attached hydrogen (secondary N) is 1. The van der Waals surface area contributed by atoms with Gasteiger partial charge in [0.15, 0.2) is 11.6 Å². The van der Waals surface area contributed by atoms with Crippen LogP contribution < -0.4 is 10.1 Å². The molecule has 0 aliphatic heterocycles. The summed E-state index contributed by atoms with van der Waals surface area (Å²) in [7, 11) is 1.39. The topological polar surface area (TPSA) is 56.1 Å². The lowest BCUT2D eigenvalue weighted by atomic mass is 10.2. The zero-order chi connectivity index (χ0) is 19.2. The molecule has 0 saturated carbocycles. The van der Waals surface area contributed by atoms with Crippen molar-refractivity contribution >= 4 is 5.91 Å². The third-order valence-corrected chi connectivity index (χ3v) is 4.37. The number of ether oxygens (including phenoxy) is 1. The molecule has 3 aromatic rings. The highest BCUT2D eigenvalue weighted by Gasteiger charge is 2.11. The number of carbonyl (C=O) groups is 1. The maximum atomic E-state index is 13.7. The van der Waals surface area contributed by atoms with Crippen LogP contribution in [0, 0.1) is 12.7 Å². The molecule has 27 heavy (non-hydrogen) atoms. The van der Waals surface area contributed by atoms with Gasteiger partial charge in [-0.25, -0.2) is 9.37 Å². The molecule has 0 aliphatic rings. The minimum atomic E-state index is -0.556. The Morgan fingerprint density at radius 3 is 2.70 bits per heavy atom. The van der Waals surface area contributed by atoms with E-state index in [0.29, 0.717) is 13.0 Å². The monoisotopic (exact) mass is 367 g/mol. The number of aromatic nitrogens is 2. The molecule has 1 heterocycles. The summed E-state index contributed by atoms with van der Waals surface area (Å²) in [4.78, 5) is 16.7. The molecule has 0 atom stereocenters. The van der Waals surface area contributed by atoms with Crippen LogP contribution in [0.25, 0.3) is 0 Å². The molecule has 0 aliphatic carbocycles. The minimum absolute atomic E-state index is 0.116. The highest BCUT2D eigenvalue weighted by Crippen LogP contribution is 2.17. The Hall–Kier alpha value is -3.15. The largest absolute Gasteiger partial charge is 0.494 e. The van der Waals surface area contributed by atoms with E-state index in [1.807, 2.05) is 31.3 Å². The first-order valence-corrected chi connectivity index (χ1v) is 8.75. The van der Waals surface area contributed by atoms with E-state index in [1.54, 1.807) is 0 Å². The maximum absolute atomic E-state index is 13.7. The third-order valence-electron chi connectivity index (χ3n) is 4.37. The Bertz CT molecular complexity index is 922. The molecular weight excluding hydrogens is 345 g/mol. The van der Waals surface area contributed by atoms with Crippen LogP contribution in [0.5, 0.6) is 5.75 Å². The summed E-state index contributed by atoms with van der Waals surface area (Å²) in [5.41, 5.74) is 2.52. The molecule has 0 unspecified atom stereocenters. The number of halogens is 1. The maximum Gasteiger partial charge on any atom is 0.251 e. The molecule has 140 valence electrons. The van der Waals surface area contributed by atoms with Crippen molar-refractivity contribution in [3.05, 3.63) is 83.2 Å². The fraction of sp³-hybridized carbons (Fsp3) is 0.238. The van der Waals surface area contributed by atoms with Crippen LogP contribution in [-0.2, 0) is 13.0 Å². The molecule has 6 heteroatoms. The molecule has 0 bridgehead atoms. The van der Waals surface area contributed by atoms with Crippen LogP contribution in [-0.4, -0.2) is 29.1 Å². The quantitative estimate of drug-likeness (QED) is 0.697. The first-order valence-electron chi connectivity index (χ1n) is 8.75. The number of hydrogen-bond donors (Lipinski definition) is 1. The average molecular weight is 367 g/mol. The molecule has 5 nitrogen and oxygen atoms in total. The van der Waals surface area contributed by atoms with Crippen LogP contribution in [0.15, 0.2) is 54.7 Å². The van der Waals surface area contributed by atoms with E-state index >= 15 is 0 Å². The zero-order valence-electron chi connectivity index (χ0n) is 15.4. The average Bonchev–Trinajstić information content (AvgIpc) is 3.02. The van der Waals surface area contributed by atoms with Gasteiger partial charge in [0.1, 0.15) is 5.82 Å². The molecule has 1 aromatic heterocycles. The Morgan fingerprint density at radius 1 is 1.22 bits per heavy atom. The number of nitrogens with zero attached hydrogens (tertiary/aromatic N) is 2. The van der Waals surface area contributed by atoms with Crippen molar-refractivity contribution in [3.63, 3.8) is 0 Å². The Labute approximate surface area is 157 Å². The molecule has 1 amide bonds. The van der Waals surface area contributed by atoms with E-state index < -0.39 is 5.82 Å². The number of rotatable bonds is 7. The van der Waals surface area contributed by atoms with Crippen LogP contribution in [0.1, 0.15) is 27.4 Å². The number of carbonyl (C=O) groups excluding carboxylic acids is 1. The summed E-state index contributed by atoms with van der Waals surface area (Å²) in [6.07, 6.45) is 2.42. The van der Waals surface area contributed by atoms with E-state index in [-0.39, 0.29) is 17.2 Å². The Morgan fingerprint density at radius 2 is 2.00 bits per heavy atom. The fourth-order valence-electron chi connectivity index (χ4n) is 2.89. The first kappa shape index (κ1) is 18.6. The molecule has 0 fully saturated rings. The van der Waals surface area contributed by atoms with E-state index in [0.717, 1.165) is 18.1 Å².